The molecule has 0 spiro atoms. The molecule has 1 unspecified atom stereocenters. The zero-order valence-corrected chi connectivity index (χ0v) is 20.5. The number of nitrogens with zero attached hydrogens (tertiary/aromatic N) is 4. The number of aromatic nitrogens is 3. The van der Waals surface area contributed by atoms with E-state index in [2.05, 4.69) is 45.0 Å². The van der Waals surface area contributed by atoms with Gasteiger partial charge in [-0.2, -0.15) is 0 Å². The SMILES string of the molecule is O=C(C=Cc1ccc(Cn2cc(-c3ccc(CN4CCCC4)cc3)nn2)cc1)NOC1CCCCO1. The van der Waals surface area contributed by atoms with Crippen LogP contribution in [0.4, 0.5) is 0 Å². The van der Waals surface area contributed by atoms with E-state index in [1.54, 1.807) is 6.08 Å². The number of hydrogen-bond acceptors (Lipinski definition) is 6. The predicted molar refractivity (Wildman–Crippen MR) is 137 cm³/mol. The Morgan fingerprint density at radius 3 is 2.50 bits per heavy atom. The standard InChI is InChI=1S/C28H33N5O3/c34-27(30-36-28-5-1-4-18-35-28)15-12-22-6-8-24(9-7-22)20-33-21-26(29-31-33)25-13-10-23(11-14-25)19-32-16-2-3-17-32/h6-15,21,28H,1-5,16-20H2,(H,30,34). The lowest BCUT2D eigenvalue weighted by molar-refractivity contribution is -0.198. The van der Waals surface area contributed by atoms with Crippen LogP contribution in [0.25, 0.3) is 17.3 Å². The fourth-order valence-electron chi connectivity index (χ4n) is 4.54. The smallest absolute Gasteiger partial charge is 0.267 e. The van der Waals surface area contributed by atoms with Crippen molar-refractivity contribution in [3.8, 4) is 11.3 Å². The van der Waals surface area contributed by atoms with Gasteiger partial charge in [-0.05, 0) is 61.5 Å². The molecule has 8 heteroatoms. The van der Waals surface area contributed by atoms with E-state index in [0.29, 0.717) is 13.2 Å². The molecule has 0 aliphatic carbocycles. The molecule has 2 aromatic carbocycles. The second-order valence-electron chi connectivity index (χ2n) is 9.44. The largest absolute Gasteiger partial charge is 0.350 e. The Kier molecular flexibility index (Phi) is 8.17. The van der Waals surface area contributed by atoms with E-state index in [-0.39, 0.29) is 12.2 Å². The average Bonchev–Trinajstić information content (AvgIpc) is 3.61. The third-order valence-corrected chi connectivity index (χ3v) is 6.57. The Morgan fingerprint density at radius 2 is 1.75 bits per heavy atom. The maximum absolute atomic E-state index is 12.0. The van der Waals surface area contributed by atoms with Crippen molar-refractivity contribution in [2.45, 2.75) is 51.5 Å². The number of carbonyl (C=O) groups excluding carboxylic acids is 1. The maximum atomic E-state index is 12.0. The van der Waals surface area contributed by atoms with Gasteiger partial charge in [-0.1, -0.05) is 53.7 Å². The molecule has 188 valence electrons. The minimum absolute atomic E-state index is 0.313. The van der Waals surface area contributed by atoms with Crippen LogP contribution in [0.2, 0.25) is 0 Å². The van der Waals surface area contributed by atoms with Crippen molar-refractivity contribution in [3.05, 3.63) is 77.5 Å². The van der Waals surface area contributed by atoms with Gasteiger partial charge in [-0.15, -0.1) is 5.10 Å². The molecule has 1 amide bonds. The zero-order chi connectivity index (χ0) is 24.6. The van der Waals surface area contributed by atoms with E-state index in [1.165, 1.54) is 37.6 Å². The molecule has 1 atom stereocenters. The summed E-state index contributed by atoms with van der Waals surface area (Å²) in [6.07, 6.45) is 10.3. The van der Waals surface area contributed by atoms with Crippen molar-refractivity contribution in [2.75, 3.05) is 19.7 Å². The van der Waals surface area contributed by atoms with Gasteiger partial charge in [-0.25, -0.2) is 15.0 Å². The Hall–Kier alpha value is -3.33. The highest BCUT2D eigenvalue weighted by Crippen LogP contribution is 2.19. The van der Waals surface area contributed by atoms with Crippen LogP contribution in [0.15, 0.2) is 60.8 Å². The number of hydrogen-bond donors (Lipinski definition) is 1. The Bertz CT molecular complexity index is 1140. The summed E-state index contributed by atoms with van der Waals surface area (Å²) < 4.78 is 7.28. The van der Waals surface area contributed by atoms with E-state index >= 15 is 0 Å². The quantitative estimate of drug-likeness (QED) is 0.360. The van der Waals surface area contributed by atoms with Gasteiger partial charge in [0, 0.05) is 31.2 Å². The number of hydroxylamine groups is 1. The summed E-state index contributed by atoms with van der Waals surface area (Å²) in [5.74, 6) is -0.313. The van der Waals surface area contributed by atoms with Gasteiger partial charge in [0.25, 0.3) is 5.91 Å². The second-order valence-corrected chi connectivity index (χ2v) is 9.44. The Labute approximate surface area is 211 Å². The van der Waals surface area contributed by atoms with Crippen molar-refractivity contribution in [2.24, 2.45) is 0 Å². The van der Waals surface area contributed by atoms with E-state index < -0.39 is 0 Å². The summed E-state index contributed by atoms with van der Waals surface area (Å²) in [7, 11) is 0. The number of benzene rings is 2. The molecule has 0 bridgehead atoms. The van der Waals surface area contributed by atoms with Crippen molar-refractivity contribution in [1.82, 2.24) is 25.4 Å². The number of nitrogens with one attached hydrogen (secondary N) is 1. The van der Waals surface area contributed by atoms with Gasteiger partial charge in [0.2, 0.25) is 0 Å². The van der Waals surface area contributed by atoms with Gasteiger partial charge in [-0.3, -0.25) is 9.69 Å². The molecule has 2 aliphatic rings. The highest BCUT2D eigenvalue weighted by molar-refractivity contribution is 5.90. The van der Waals surface area contributed by atoms with Crippen LogP contribution in [0, 0.1) is 0 Å². The normalized spacial score (nSPS) is 18.6. The van der Waals surface area contributed by atoms with Crippen LogP contribution in [0.3, 0.4) is 0 Å². The first-order valence-electron chi connectivity index (χ1n) is 12.8. The summed E-state index contributed by atoms with van der Waals surface area (Å²) in [6, 6.07) is 16.6. The summed E-state index contributed by atoms with van der Waals surface area (Å²) in [5, 5.41) is 8.66. The number of rotatable bonds is 9. The van der Waals surface area contributed by atoms with Crippen molar-refractivity contribution < 1.29 is 14.4 Å². The highest BCUT2D eigenvalue weighted by Gasteiger charge is 2.15. The third-order valence-electron chi connectivity index (χ3n) is 6.57. The summed E-state index contributed by atoms with van der Waals surface area (Å²) >= 11 is 0. The van der Waals surface area contributed by atoms with Crippen LogP contribution in [-0.4, -0.2) is 51.8 Å². The fourth-order valence-corrected chi connectivity index (χ4v) is 4.54. The molecule has 2 fully saturated rings. The molecular weight excluding hydrogens is 454 g/mol. The first kappa shape index (κ1) is 24.4. The minimum Gasteiger partial charge on any atom is -0.350 e. The lowest BCUT2D eigenvalue weighted by Gasteiger charge is -2.21. The van der Waals surface area contributed by atoms with Crippen LogP contribution >= 0.6 is 0 Å². The predicted octanol–water partition coefficient (Wildman–Crippen LogP) is 4.18. The van der Waals surface area contributed by atoms with Crippen molar-refractivity contribution >= 4 is 12.0 Å². The van der Waals surface area contributed by atoms with Gasteiger partial charge in [0.1, 0.15) is 5.69 Å². The van der Waals surface area contributed by atoms with E-state index in [0.717, 1.165) is 48.2 Å². The highest BCUT2D eigenvalue weighted by atomic mass is 16.8. The first-order valence-corrected chi connectivity index (χ1v) is 12.8. The van der Waals surface area contributed by atoms with Crippen LogP contribution in [0.1, 0.15) is 48.8 Å². The minimum atomic E-state index is -0.355. The van der Waals surface area contributed by atoms with Crippen LogP contribution in [-0.2, 0) is 27.5 Å². The Balaban J connectivity index is 1.10. The first-order chi connectivity index (χ1) is 17.7. The summed E-state index contributed by atoms with van der Waals surface area (Å²) in [6.45, 7) is 4.72. The van der Waals surface area contributed by atoms with Crippen molar-refractivity contribution in [3.63, 3.8) is 0 Å². The zero-order valence-electron chi connectivity index (χ0n) is 20.5. The lowest BCUT2D eigenvalue weighted by Crippen LogP contribution is -2.32. The molecule has 3 heterocycles. The molecule has 1 aromatic heterocycles. The maximum Gasteiger partial charge on any atom is 0.267 e. The second kappa shape index (κ2) is 12.1. The van der Waals surface area contributed by atoms with Crippen molar-refractivity contribution in [1.29, 1.82) is 0 Å². The number of likely N-dealkylation sites (tertiary alicyclic amines) is 1. The average molecular weight is 488 g/mol. The van der Waals surface area contributed by atoms with Crippen LogP contribution < -0.4 is 5.48 Å². The molecule has 2 saturated heterocycles. The number of carbonyl (C=O) groups is 1. The van der Waals surface area contributed by atoms with Gasteiger partial charge in [0.05, 0.1) is 12.7 Å². The molecular formula is C28H33N5O3. The molecule has 0 radical (unpaired) electrons. The van der Waals surface area contributed by atoms with E-state index in [9.17, 15) is 4.79 Å². The molecule has 1 N–H and O–H groups in total. The third kappa shape index (κ3) is 6.87. The topological polar surface area (TPSA) is 81.5 Å². The molecule has 0 saturated carbocycles. The molecule has 36 heavy (non-hydrogen) atoms. The molecule has 8 nitrogen and oxygen atoms in total. The van der Waals surface area contributed by atoms with E-state index in [4.69, 9.17) is 9.57 Å². The molecule has 5 rings (SSSR count). The van der Waals surface area contributed by atoms with Crippen LogP contribution in [0.5, 0.6) is 0 Å². The number of amides is 1. The molecule has 2 aliphatic heterocycles. The van der Waals surface area contributed by atoms with Gasteiger partial charge >= 0.3 is 0 Å². The molecule has 3 aromatic rings. The number of ether oxygens (including phenoxy) is 1. The monoisotopic (exact) mass is 487 g/mol. The summed E-state index contributed by atoms with van der Waals surface area (Å²) in [4.78, 5) is 19.8. The Morgan fingerprint density at radius 1 is 1.00 bits per heavy atom. The summed E-state index contributed by atoms with van der Waals surface area (Å²) in [5.41, 5.74) is 7.74. The van der Waals surface area contributed by atoms with Gasteiger partial charge in [0.15, 0.2) is 6.29 Å². The fraction of sp³-hybridized carbons (Fsp3) is 0.393. The lowest BCUT2D eigenvalue weighted by atomic mass is 10.1. The van der Waals surface area contributed by atoms with Gasteiger partial charge < -0.3 is 4.74 Å². The van der Waals surface area contributed by atoms with E-state index in [1.807, 2.05) is 35.1 Å².